The van der Waals surface area contributed by atoms with Crippen molar-refractivity contribution in [2.75, 3.05) is 52.4 Å². The van der Waals surface area contributed by atoms with E-state index < -0.39 is 0 Å². The second-order valence-corrected chi connectivity index (χ2v) is 5.13. The summed E-state index contributed by atoms with van der Waals surface area (Å²) in [5, 5.41) is 3.46. The van der Waals surface area contributed by atoms with Crippen molar-refractivity contribution in [3.05, 3.63) is 0 Å². The molecular formula is C14H31N3. The zero-order chi connectivity index (χ0) is 12.5. The maximum atomic E-state index is 3.46. The summed E-state index contributed by atoms with van der Waals surface area (Å²) in [6.45, 7) is 16.7. The Kier molecular flexibility index (Phi) is 7.82. The molecule has 0 aliphatic carbocycles. The molecule has 0 radical (unpaired) electrons. The molecular weight excluding hydrogens is 210 g/mol. The van der Waals surface area contributed by atoms with Crippen LogP contribution in [0.1, 0.15) is 33.6 Å². The second kappa shape index (κ2) is 8.90. The van der Waals surface area contributed by atoms with Gasteiger partial charge in [0.15, 0.2) is 0 Å². The highest BCUT2D eigenvalue weighted by atomic mass is 15.1. The van der Waals surface area contributed by atoms with Gasteiger partial charge >= 0.3 is 0 Å². The van der Waals surface area contributed by atoms with Crippen molar-refractivity contribution in [1.82, 2.24) is 15.1 Å². The molecule has 1 fully saturated rings. The van der Waals surface area contributed by atoms with E-state index in [2.05, 4.69) is 35.9 Å². The first-order chi connectivity index (χ1) is 8.30. The highest BCUT2D eigenvalue weighted by molar-refractivity contribution is 4.74. The summed E-state index contributed by atoms with van der Waals surface area (Å²) >= 11 is 0. The first-order valence-corrected chi connectivity index (χ1v) is 7.45. The fourth-order valence-corrected chi connectivity index (χ4v) is 2.67. The first kappa shape index (κ1) is 14.9. The van der Waals surface area contributed by atoms with Crippen LogP contribution in [0.3, 0.4) is 0 Å². The molecule has 1 heterocycles. The lowest BCUT2D eigenvalue weighted by atomic mass is 10.1. The normalized spacial score (nSPS) is 20.6. The van der Waals surface area contributed by atoms with E-state index in [0.717, 1.165) is 5.92 Å². The lowest BCUT2D eigenvalue weighted by Crippen LogP contribution is -2.33. The minimum absolute atomic E-state index is 0.892. The summed E-state index contributed by atoms with van der Waals surface area (Å²) in [7, 11) is 0. The molecule has 0 aromatic rings. The molecule has 1 saturated heterocycles. The number of nitrogens with zero attached hydrogens (tertiary/aromatic N) is 2. The lowest BCUT2D eigenvalue weighted by molar-refractivity contribution is 0.221. The molecule has 0 amide bonds. The molecule has 0 saturated carbocycles. The van der Waals surface area contributed by atoms with Gasteiger partial charge in [0.1, 0.15) is 0 Å². The maximum absolute atomic E-state index is 3.46. The number of nitrogens with one attached hydrogen (secondary N) is 1. The van der Waals surface area contributed by atoms with Gasteiger partial charge in [-0.2, -0.15) is 0 Å². The van der Waals surface area contributed by atoms with Crippen LogP contribution < -0.4 is 5.32 Å². The minimum atomic E-state index is 0.892. The van der Waals surface area contributed by atoms with Crippen molar-refractivity contribution in [3.8, 4) is 0 Å². The molecule has 1 unspecified atom stereocenters. The van der Waals surface area contributed by atoms with Crippen molar-refractivity contribution in [2.24, 2.45) is 5.92 Å². The van der Waals surface area contributed by atoms with Gasteiger partial charge in [-0.05, 0) is 64.6 Å². The number of hydrogen-bond donors (Lipinski definition) is 1. The summed E-state index contributed by atoms with van der Waals surface area (Å²) < 4.78 is 0. The van der Waals surface area contributed by atoms with Gasteiger partial charge in [0, 0.05) is 6.54 Å². The van der Waals surface area contributed by atoms with E-state index >= 15 is 0 Å². The zero-order valence-electron chi connectivity index (χ0n) is 12.0. The van der Waals surface area contributed by atoms with Gasteiger partial charge in [-0.1, -0.05) is 20.8 Å². The molecule has 1 N–H and O–H groups in total. The molecule has 1 aliphatic heterocycles. The summed E-state index contributed by atoms with van der Waals surface area (Å²) in [6, 6.07) is 0. The Balaban J connectivity index is 2.13. The average Bonchev–Trinajstić information content (AvgIpc) is 2.86. The Hall–Kier alpha value is -0.120. The molecule has 1 aliphatic rings. The van der Waals surface area contributed by atoms with E-state index in [-0.39, 0.29) is 0 Å². The molecule has 102 valence electrons. The summed E-state index contributed by atoms with van der Waals surface area (Å²) in [6.07, 6.45) is 2.68. The van der Waals surface area contributed by atoms with Gasteiger partial charge in [-0.25, -0.2) is 0 Å². The Labute approximate surface area is 108 Å². The molecule has 0 spiro atoms. The van der Waals surface area contributed by atoms with Crippen molar-refractivity contribution < 1.29 is 0 Å². The van der Waals surface area contributed by atoms with E-state index in [0.29, 0.717) is 0 Å². The first-order valence-electron chi connectivity index (χ1n) is 7.45. The molecule has 0 bridgehead atoms. The molecule has 0 aromatic heterocycles. The van der Waals surface area contributed by atoms with Crippen molar-refractivity contribution in [2.45, 2.75) is 33.6 Å². The summed E-state index contributed by atoms with van der Waals surface area (Å²) in [5.74, 6) is 0.892. The van der Waals surface area contributed by atoms with Crippen LogP contribution in [0.2, 0.25) is 0 Å². The Morgan fingerprint density at radius 1 is 1.00 bits per heavy atom. The lowest BCUT2D eigenvalue weighted by Gasteiger charge is -2.25. The topological polar surface area (TPSA) is 18.5 Å². The third-order valence-corrected chi connectivity index (χ3v) is 3.97. The fourth-order valence-electron chi connectivity index (χ4n) is 2.67. The van der Waals surface area contributed by atoms with Crippen LogP contribution in [-0.2, 0) is 0 Å². The van der Waals surface area contributed by atoms with E-state index in [1.165, 1.54) is 65.2 Å². The Morgan fingerprint density at radius 2 is 1.65 bits per heavy atom. The van der Waals surface area contributed by atoms with Gasteiger partial charge in [0.05, 0.1) is 0 Å². The third kappa shape index (κ3) is 5.84. The van der Waals surface area contributed by atoms with Crippen LogP contribution in [0.5, 0.6) is 0 Å². The molecule has 3 heteroatoms. The van der Waals surface area contributed by atoms with Gasteiger partial charge in [0.25, 0.3) is 0 Å². The van der Waals surface area contributed by atoms with Crippen LogP contribution in [0, 0.1) is 5.92 Å². The predicted octanol–water partition coefficient (Wildman–Crippen LogP) is 1.65. The highest BCUT2D eigenvalue weighted by Gasteiger charge is 2.17. The van der Waals surface area contributed by atoms with E-state index in [1.807, 2.05) is 0 Å². The Morgan fingerprint density at radius 3 is 2.18 bits per heavy atom. The quantitative estimate of drug-likeness (QED) is 0.662. The van der Waals surface area contributed by atoms with Crippen LogP contribution in [0.15, 0.2) is 0 Å². The van der Waals surface area contributed by atoms with Crippen molar-refractivity contribution in [1.29, 1.82) is 0 Å². The highest BCUT2D eigenvalue weighted by Crippen LogP contribution is 2.10. The minimum Gasteiger partial charge on any atom is -0.316 e. The zero-order valence-corrected chi connectivity index (χ0v) is 12.0. The standard InChI is InChI=1S/C14H31N3/c1-4-16(5-2)10-7-11-17(6-3)13-14-8-9-15-12-14/h14-15H,4-13H2,1-3H3. The van der Waals surface area contributed by atoms with Gasteiger partial charge in [-0.15, -0.1) is 0 Å². The van der Waals surface area contributed by atoms with Gasteiger partial charge < -0.3 is 15.1 Å². The fraction of sp³-hybridized carbons (Fsp3) is 1.00. The van der Waals surface area contributed by atoms with Gasteiger partial charge in [0.2, 0.25) is 0 Å². The van der Waals surface area contributed by atoms with Crippen molar-refractivity contribution >= 4 is 0 Å². The SMILES string of the molecule is CCN(CC)CCCN(CC)CC1CCNC1. The largest absolute Gasteiger partial charge is 0.316 e. The molecule has 0 aromatic carbocycles. The van der Waals surface area contributed by atoms with Gasteiger partial charge in [-0.3, -0.25) is 0 Å². The van der Waals surface area contributed by atoms with Crippen LogP contribution in [0.25, 0.3) is 0 Å². The third-order valence-electron chi connectivity index (χ3n) is 3.97. The number of rotatable bonds is 9. The molecule has 1 atom stereocenters. The number of hydrogen-bond acceptors (Lipinski definition) is 3. The average molecular weight is 241 g/mol. The molecule has 1 rings (SSSR count). The monoisotopic (exact) mass is 241 g/mol. The Bertz CT molecular complexity index is 174. The predicted molar refractivity (Wildman–Crippen MR) is 75.5 cm³/mol. The van der Waals surface area contributed by atoms with E-state index in [4.69, 9.17) is 0 Å². The van der Waals surface area contributed by atoms with Crippen LogP contribution >= 0.6 is 0 Å². The maximum Gasteiger partial charge on any atom is 0.00222 e. The summed E-state index contributed by atoms with van der Waals surface area (Å²) in [5.41, 5.74) is 0. The smallest absolute Gasteiger partial charge is 0.00222 e. The molecule has 17 heavy (non-hydrogen) atoms. The summed E-state index contributed by atoms with van der Waals surface area (Å²) in [4.78, 5) is 5.14. The van der Waals surface area contributed by atoms with Crippen molar-refractivity contribution in [3.63, 3.8) is 0 Å². The molecule has 3 nitrogen and oxygen atoms in total. The second-order valence-electron chi connectivity index (χ2n) is 5.13. The van der Waals surface area contributed by atoms with Crippen LogP contribution in [-0.4, -0.2) is 62.2 Å². The van der Waals surface area contributed by atoms with E-state index in [9.17, 15) is 0 Å². The van der Waals surface area contributed by atoms with E-state index in [1.54, 1.807) is 0 Å². The van der Waals surface area contributed by atoms with Crippen LogP contribution in [0.4, 0.5) is 0 Å².